The number of methoxy groups -OCH3 is 1. The van der Waals surface area contributed by atoms with Gasteiger partial charge in [-0.25, -0.2) is 9.18 Å². The Bertz CT molecular complexity index is 719. The molecule has 1 aliphatic rings. The van der Waals surface area contributed by atoms with E-state index in [1.54, 1.807) is 24.1 Å². The van der Waals surface area contributed by atoms with E-state index in [4.69, 9.17) is 9.26 Å². The second-order valence-electron chi connectivity index (χ2n) is 6.33. The zero-order chi connectivity index (χ0) is 18.4. The zero-order valence-corrected chi connectivity index (χ0v) is 14.8. The lowest BCUT2D eigenvalue weighted by Crippen LogP contribution is -2.42. The lowest BCUT2D eigenvalue weighted by Gasteiger charge is -2.27. The lowest BCUT2D eigenvalue weighted by molar-refractivity contribution is 0.158. The van der Waals surface area contributed by atoms with Crippen LogP contribution in [0.15, 0.2) is 28.8 Å². The van der Waals surface area contributed by atoms with E-state index in [0.717, 1.165) is 31.2 Å². The first kappa shape index (κ1) is 18.3. The van der Waals surface area contributed by atoms with Gasteiger partial charge in [-0.1, -0.05) is 30.1 Å². The molecule has 1 saturated heterocycles. The Morgan fingerprint density at radius 3 is 2.92 bits per heavy atom. The molecule has 2 amide bonds. The van der Waals surface area contributed by atoms with E-state index in [2.05, 4.69) is 15.5 Å². The van der Waals surface area contributed by atoms with Gasteiger partial charge < -0.3 is 19.5 Å². The van der Waals surface area contributed by atoms with Crippen molar-refractivity contribution in [3.63, 3.8) is 0 Å². The van der Waals surface area contributed by atoms with Crippen LogP contribution in [-0.4, -0.2) is 34.7 Å². The molecule has 0 saturated carbocycles. The lowest BCUT2D eigenvalue weighted by atomic mass is 10.1. The number of benzene rings is 1. The SMILES string of the molecule is COCc1noc(C2CCCCCN2C(=O)NCc2ccc(F)cc2)n1. The first-order chi connectivity index (χ1) is 12.7. The molecule has 140 valence electrons. The van der Waals surface area contributed by atoms with E-state index in [9.17, 15) is 9.18 Å². The Labute approximate surface area is 151 Å². The van der Waals surface area contributed by atoms with E-state index in [1.165, 1.54) is 12.1 Å². The van der Waals surface area contributed by atoms with E-state index in [1.807, 2.05) is 0 Å². The fourth-order valence-corrected chi connectivity index (χ4v) is 3.08. The zero-order valence-electron chi connectivity index (χ0n) is 14.8. The fourth-order valence-electron chi connectivity index (χ4n) is 3.08. The van der Waals surface area contributed by atoms with Crippen LogP contribution in [0.3, 0.4) is 0 Å². The third-order valence-electron chi connectivity index (χ3n) is 4.41. The van der Waals surface area contributed by atoms with Gasteiger partial charge in [0.2, 0.25) is 5.89 Å². The van der Waals surface area contributed by atoms with Gasteiger partial charge in [0.15, 0.2) is 5.82 Å². The smallest absolute Gasteiger partial charge is 0.318 e. The molecule has 26 heavy (non-hydrogen) atoms. The minimum Gasteiger partial charge on any atom is -0.377 e. The second kappa shape index (κ2) is 8.75. The van der Waals surface area contributed by atoms with Gasteiger partial charge in [-0.15, -0.1) is 0 Å². The van der Waals surface area contributed by atoms with Gasteiger partial charge >= 0.3 is 6.03 Å². The average Bonchev–Trinajstić information content (AvgIpc) is 2.96. The van der Waals surface area contributed by atoms with E-state index >= 15 is 0 Å². The summed E-state index contributed by atoms with van der Waals surface area (Å²) in [5.74, 6) is 0.616. The van der Waals surface area contributed by atoms with Crippen LogP contribution in [0.4, 0.5) is 9.18 Å². The number of ether oxygens (including phenoxy) is 1. The molecule has 1 unspecified atom stereocenters. The Kier molecular flexibility index (Phi) is 6.17. The number of nitrogens with zero attached hydrogens (tertiary/aromatic N) is 3. The van der Waals surface area contributed by atoms with Gasteiger partial charge in [-0.3, -0.25) is 0 Å². The summed E-state index contributed by atoms with van der Waals surface area (Å²) in [6.07, 6.45) is 3.75. The van der Waals surface area contributed by atoms with Crippen molar-refractivity contribution in [3.05, 3.63) is 47.4 Å². The van der Waals surface area contributed by atoms with Crippen molar-refractivity contribution >= 4 is 6.03 Å². The largest absolute Gasteiger partial charge is 0.377 e. The fraction of sp³-hybridized carbons (Fsp3) is 0.500. The Morgan fingerprint density at radius 1 is 1.35 bits per heavy atom. The maximum Gasteiger partial charge on any atom is 0.318 e. The van der Waals surface area contributed by atoms with Gasteiger partial charge in [-0.05, 0) is 30.5 Å². The van der Waals surface area contributed by atoms with Crippen molar-refractivity contribution in [1.82, 2.24) is 20.4 Å². The van der Waals surface area contributed by atoms with Crippen molar-refractivity contribution in [2.24, 2.45) is 0 Å². The summed E-state index contributed by atoms with van der Waals surface area (Å²) in [5, 5.41) is 6.80. The number of carbonyl (C=O) groups excluding carboxylic acids is 1. The van der Waals surface area contributed by atoms with Gasteiger partial charge in [0, 0.05) is 20.2 Å². The van der Waals surface area contributed by atoms with Crippen molar-refractivity contribution in [2.75, 3.05) is 13.7 Å². The number of aromatic nitrogens is 2. The quantitative estimate of drug-likeness (QED) is 0.884. The molecule has 7 nitrogen and oxygen atoms in total. The summed E-state index contributed by atoms with van der Waals surface area (Å²) in [6, 6.07) is 5.64. The first-order valence-electron chi connectivity index (χ1n) is 8.77. The van der Waals surface area contributed by atoms with Crippen LogP contribution in [0.5, 0.6) is 0 Å². The number of hydrogen-bond donors (Lipinski definition) is 1. The highest BCUT2D eigenvalue weighted by atomic mass is 19.1. The van der Waals surface area contributed by atoms with Crippen molar-refractivity contribution in [2.45, 2.75) is 44.9 Å². The second-order valence-corrected chi connectivity index (χ2v) is 6.33. The predicted molar refractivity (Wildman–Crippen MR) is 91.6 cm³/mol. The van der Waals surface area contributed by atoms with Crippen LogP contribution in [0, 0.1) is 5.82 Å². The molecule has 8 heteroatoms. The summed E-state index contributed by atoms with van der Waals surface area (Å²) < 4.78 is 23.4. The normalized spacial score (nSPS) is 17.8. The molecular formula is C18H23FN4O3. The van der Waals surface area contributed by atoms with Gasteiger partial charge in [0.1, 0.15) is 18.5 Å². The monoisotopic (exact) mass is 362 g/mol. The van der Waals surface area contributed by atoms with Crippen LogP contribution < -0.4 is 5.32 Å². The number of rotatable bonds is 5. The molecule has 1 aromatic heterocycles. The van der Waals surface area contributed by atoms with Crippen LogP contribution in [0.1, 0.15) is 49.0 Å². The minimum atomic E-state index is -0.295. The molecule has 1 fully saturated rings. The number of amides is 2. The highest BCUT2D eigenvalue weighted by Gasteiger charge is 2.31. The molecule has 0 bridgehead atoms. The molecule has 1 atom stereocenters. The number of hydrogen-bond acceptors (Lipinski definition) is 5. The number of carbonyl (C=O) groups is 1. The third-order valence-corrected chi connectivity index (χ3v) is 4.41. The summed E-state index contributed by atoms with van der Waals surface area (Å²) in [4.78, 5) is 18.8. The first-order valence-corrected chi connectivity index (χ1v) is 8.77. The number of nitrogens with one attached hydrogen (secondary N) is 1. The highest BCUT2D eigenvalue weighted by Crippen LogP contribution is 2.29. The van der Waals surface area contributed by atoms with Crippen LogP contribution >= 0.6 is 0 Å². The number of halogens is 1. The molecule has 0 radical (unpaired) electrons. The number of likely N-dealkylation sites (tertiary alicyclic amines) is 1. The van der Waals surface area contributed by atoms with Crippen molar-refractivity contribution < 1.29 is 18.4 Å². The van der Waals surface area contributed by atoms with Crippen molar-refractivity contribution in [3.8, 4) is 0 Å². The van der Waals surface area contributed by atoms with E-state index < -0.39 is 0 Å². The molecule has 1 aliphatic heterocycles. The molecule has 3 rings (SSSR count). The van der Waals surface area contributed by atoms with Crippen LogP contribution in [-0.2, 0) is 17.9 Å². The summed E-state index contributed by atoms with van der Waals surface area (Å²) in [7, 11) is 1.57. The maximum atomic E-state index is 13.0. The number of urea groups is 1. The Balaban J connectivity index is 1.68. The average molecular weight is 362 g/mol. The molecule has 0 spiro atoms. The van der Waals surface area contributed by atoms with E-state index in [0.29, 0.717) is 24.8 Å². The topological polar surface area (TPSA) is 80.5 Å². The molecule has 2 heterocycles. The standard InChI is InChI=1S/C18H23FN4O3/c1-25-12-16-21-17(26-22-16)15-5-3-2-4-10-23(15)18(24)20-11-13-6-8-14(19)9-7-13/h6-9,15H,2-5,10-12H2,1H3,(H,20,24). The van der Waals surface area contributed by atoms with Crippen LogP contribution in [0.2, 0.25) is 0 Å². The molecule has 0 aliphatic carbocycles. The molecule has 1 aromatic carbocycles. The van der Waals surface area contributed by atoms with Gasteiger partial charge in [0.25, 0.3) is 0 Å². The van der Waals surface area contributed by atoms with Crippen molar-refractivity contribution in [1.29, 1.82) is 0 Å². The summed E-state index contributed by atoms with van der Waals surface area (Å²) >= 11 is 0. The minimum absolute atomic E-state index is 0.187. The predicted octanol–water partition coefficient (Wildman–Crippen LogP) is 3.18. The Morgan fingerprint density at radius 2 is 2.15 bits per heavy atom. The third kappa shape index (κ3) is 4.57. The molecule has 2 aromatic rings. The highest BCUT2D eigenvalue weighted by molar-refractivity contribution is 5.74. The van der Waals surface area contributed by atoms with Crippen LogP contribution in [0.25, 0.3) is 0 Å². The van der Waals surface area contributed by atoms with Gasteiger partial charge in [-0.2, -0.15) is 4.98 Å². The Hall–Kier alpha value is -2.48. The molecular weight excluding hydrogens is 339 g/mol. The maximum absolute atomic E-state index is 13.0. The summed E-state index contributed by atoms with van der Waals surface area (Å²) in [5.41, 5.74) is 0.839. The van der Waals surface area contributed by atoms with E-state index in [-0.39, 0.29) is 24.5 Å². The van der Waals surface area contributed by atoms with Gasteiger partial charge in [0.05, 0.1) is 0 Å². The molecule has 1 N–H and O–H groups in total. The summed E-state index contributed by atoms with van der Waals surface area (Å²) in [6.45, 7) is 1.23.